The lowest BCUT2D eigenvalue weighted by atomic mass is 10.2. The predicted octanol–water partition coefficient (Wildman–Crippen LogP) is 3.83. The first-order valence-corrected chi connectivity index (χ1v) is 6.61. The van der Waals surface area contributed by atoms with Crippen molar-refractivity contribution in [3.05, 3.63) is 40.4 Å². The van der Waals surface area contributed by atoms with Gasteiger partial charge in [0.2, 0.25) is 0 Å². The van der Waals surface area contributed by atoms with E-state index in [1.807, 2.05) is 13.8 Å². The van der Waals surface area contributed by atoms with Crippen LogP contribution in [-0.2, 0) is 0 Å². The van der Waals surface area contributed by atoms with Gasteiger partial charge in [-0.2, -0.15) is 0 Å². The van der Waals surface area contributed by atoms with Gasteiger partial charge >= 0.3 is 0 Å². The lowest BCUT2D eigenvalue weighted by Crippen LogP contribution is -2.05. The fourth-order valence-corrected chi connectivity index (χ4v) is 1.88. The SMILES string of the molecule is CC(C)c1nc(N)cc(Nc2cc(F)ccc2Br)n1. The van der Waals surface area contributed by atoms with E-state index >= 15 is 0 Å². The van der Waals surface area contributed by atoms with Crippen LogP contribution in [0.5, 0.6) is 0 Å². The summed E-state index contributed by atoms with van der Waals surface area (Å²) in [4.78, 5) is 8.51. The van der Waals surface area contributed by atoms with Gasteiger partial charge in [-0.1, -0.05) is 13.8 Å². The molecule has 0 unspecified atom stereocenters. The van der Waals surface area contributed by atoms with Crippen molar-refractivity contribution in [2.45, 2.75) is 19.8 Å². The fourth-order valence-electron chi connectivity index (χ4n) is 1.54. The number of nitrogen functional groups attached to an aromatic ring is 1. The van der Waals surface area contributed by atoms with Crippen LogP contribution in [0.3, 0.4) is 0 Å². The highest BCUT2D eigenvalue weighted by Gasteiger charge is 2.08. The molecule has 0 saturated heterocycles. The Hall–Kier alpha value is -1.69. The van der Waals surface area contributed by atoms with Crippen molar-refractivity contribution in [2.75, 3.05) is 11.1 Å². The minimum Gasteiger partial charge on any atom is -0.384 e. The van der Waals surface area contributed by atoms with Crippen molar-refractivity contribution in [3.63, 3.8) is 0 Å². The lowest BCUT2D eigenvalue weighted by Gasteiger charge is -2.11. The molecule has 2 rings (SSSR count). The molecule has 19 heavy (non-hydrogen) atoms. The quantitative estimate of drug-likeness (QED) is 0.900. The van der Waals surface area contributed by atoms with Crippen molar-refractivity contribution in [2.24, 2.45) is 0 Å². The second-order valence-electron chi connectivity index (χ2n) is 4.44. The molecule has 0 atom stereocenters. The average molecular weight is 325 g/mol. The number of nitrogens with two attached hydrogens (primary N) is 1. The van der Waals surface area contributed by atoms with Crippen LogP contribution in [0.2, 0.25) is 0 Å². The Labute approximate surface area is 119 Å². The second kappa shape index (κ2) is 5.52. The molecule has 1 heterocycles. The molecule has 0 radical (unpaired) electrons. The smallest absolute Gasteiger partial charge is 0.136 e. The number of rotatable bonds is 3. The molecule has 0 bridgehead atoms. The zero-order valence-corrected chi connectivity index (χ0v) is 12.2. The highest BCUT2D eigenvalue weighted by molar-refractivity contribution is 9.10. The van der Waals surface area contributed by atoms with Gasteiger partial charge in [0.1, 0.15) is 23.3 Å². The predicted molar refractivity (Wildman–Crippen MR) is 77.9 cm³/mol. The van der Waals surface area contributed by atoms with Gasteiger partial charge in [-0.05, 0) is 34.1 Å². The summed E-state index contributed by atoms with van der Waals surface area (Å²) in [5.74, 6) is 1.42. The maximum atomic E-state index is 13.2. The summed E-state index contributed by atoms with van der Waals surface area (Å²) in [6, 6.07) is 6.01. The van der Waals surface area contributed by atoms with Crippen LogP contribution in [0.25, 0.3) is 0 Å². The van der Waals surface area contributed by atoms with Gasteiger partial charge in [0.15, 0.2) is 0 Å². The van der Waals surface area contributed by atoms with E-state index in [0.29, 0.717) is 23.1 Å². The Kier molecular flexibility index (Phi) is 3.99. The van der Waals surface area contributed by atoms with Crippen LogP contribution in [0.1, 0.15) is 25.6 Å². The Bertz CT molecular complexity index is 601. The summed E-state index contributed by atoms with van der Waals surface area (Å²) in [5.41, 5.74) is 6.33. The molecule has 2 aromatic rings. The molecular formula is C13H14BrFN4. The maximum Gasteiger partial charge on any atom is 0.136 e. The van der Waals surface area contributed by atoms with Crippen molar-refractivity contribution >= 4 is 33.3 Å². The van der Waals surface area contributed by atoms with Gasteiger partial charge in [-0.15, -0.1) is 0 Å². The van der Waals surface area contributed by atoms with E-state index in [1.54, 1.807) is 12.1 Å². The van der Waals surface area contributed by atoms with Crippen molar-refractivity contribution < 1.29 is 4.39 Å². The highest BCUT2D eigenvalue weighted by atomic mass is 79.9. The molecule has 0 saturated carbocycles. The van der Waals surface area contributed by atoms with Crippen molar-refractivity contribution in [1.29, 1.82) is 0 Å². The van der Waals surface area contributed by atoms with Gasteiger partial charge in [0, 0.05) is 16.5 Å². The summed E-state index contributed by atoms with van der Waals surface area (Å²) >= 11 is 3.35. The monoisotopic (exact) mass is 324 g/mol. The van der Waals surface area contributed by atoms with Crippen LogP contribution >= 0.6 is 15.9 Å². The van der Waals surface area contributed by atoms with Crippen LogP contribution in [0.4, 0.5) is 21.7 Å². The van der Waals surface area contributed by atoms with E-state index < -0.39 is 0 Å². The molecule has 0 spiro atoms. The molecule has 0 amide bonds. The number of nitrogens with one attached hydrogen (secondary N) is 1. The standard InChI is InChI=1S/C13H14BrFN4/c1-7(2)13-18-11(16)6-12(19-13)17-10-5-8(15)3-4-9(10)14/h3-7H,1-2H3,(H3,16,17,18,19). The number of nitrogens with zero attached hydrogens (tertiary/aromatic N) is 2. The molecule has 1 aromatic carbocycles. The summed E-state index contributed by atoms with van der Waals surface area (Å²) < 4.78 is 14.0. The van der Waals surface area contributed by atoms with Gasteiger partial charge in [0.25, 0.3) is 0 Å². The summed E-state index contributed by atoms with van der Waals surface area (Å²) in [6.45, 7) is 3.97. The first-order chi connectivity index (χ1) is 8.95. The molecule has 1 aromatic heterocycles. The summed E-state index contributed by atoms with van der Waals surface area (Å²) in [5, 5.41) is 3.03. The van der Waals surface area contributed by atoms with Gasteiger partial charge in [-0.25, -0.2) is 14.4 Å². The Balaban J connectivity index is 2.35. The molecule has 0 aliphatic heterocycles. The zero-order valence-electron chi connectivity index (χ0n) is 10.6. The highest BCUT2D eigenvalue weighted by Crippen LogP contribution is 2.26. The topological polar surface area (TPSA) is 63.8 Å². The number of aromatic nitrogens is 2. The normalized spacial score (nSPS) is 10.8. The van der Waals surface area contributed by atoms with Crippen molar-refractivity contribution in [3.8, 4) is 0 Å². The van der Waals surface area contributed by atoms with E-state index in [0.717, 1.165) is 4.47 Å². The summed E-state index contributed by atoms with van der Waals surface area (Å²) in [7, 11) is 0. The maximum absolute atomic E-state index is 13.2. The summed E-state index contributed by atoms with van der Waals surface area (Å²) in [6.07, 6.45) is 0. The number of halogens is 2. The molecule has 0 fully saturated rings. The Morgan fingerprint density at radius 1 is 1.26 bits per heavy atom. The first-order valence-electron chi connectivity index (χ1n) is 5.82. The van der Waals surface area contributed by atoms with Gasteiger partial charge < -0.3 is 11.1 Å². The fraction of sp³-hybridized carbons (Fsp3) is 0.231. The van der Waals surface area contributed by atoms with E-state index in [4.69, 9.17) is 5.73 Å². The van der Waals surface area contributed by atoms with Crippen LogP contribution < -0.4 is 11.1 Å². The Morgan fingerprint density at radius 2 is 2.00 bits per heavy atom. The number of hydrogen-bond donors (Lipinski definition) is 2. The zero-order chi connectivity index (χ0) is 14.0. The minimum atomic E-state index is -0.322. The van der Waals surface area contributed by atoms with Crippen LogP contribution in [0, 0.1) is 5.82 Å². The second-order valence-corrected chi connectivity index (χ2v) is 5.29. The first kappa shape index (κ1) is 13.7. The average Bonchev–Trinajstić information content (AvgIpc) is 2.33. The molecule has 0 aliphatic rings. The van der Waals surface area contributed by atoms with E-state index in [9.17, 15) is 4.39 Å². The largest absolute Gasteiger partial charge is 0.384 e. The van der Waals surface area contributed by atoms with Crippen LogP contribution in [0.15, 0.2) is 28.7 Å². The van der Waals surface area contributed by atoms with Gasteiger partial charge in [-0.3, -0.25) is 0 Å². The molecule has 4 nitrogen and oxygen atoms in total. The number of benzene rings is 1. The molecule has 100 valence electrons. The molecule has 3 N–H and O–H groups in total. The number of hydrogen-bond acceptors (Lipinski definition) is 4. The molecule has 6 heteroatoms. The van der Waals surface area contributed by atoms with Gasteiger partial charge in [0.05, 0.1) is 5.69 Å². The molecule has 0 aliphatic carbocycles. The van der Waals surface area contributed by atoms with Crippen LogP contribution in [-0.4, -0.2) is 9.97 Å². The third kappa shape index (κ3) is 3.41. The van der Waals surface area contributed by atoms with E-state index in [2.05, 4.69) is 31.2 Å². The third-order valence-electron chi connectivity index (χ3n) is 2.47. The Morgan fingerprint density at radius 3 is 2.68 bits per heavy atom. The van der Waals surface area contributed by atoms with Crippen molar-refractivity contribution in [1.82, 2.24) is 9.97 Å². The third-order valence-corrected chi connectivity index (χ3v) is 3.16. The number of anilines is 3. The molecular weight excluding hydrogens is 311 g/mol. The lowest BCUT2D eigenvalue weighted by molar-refractivity contribution is 0.628. The minimum absolute atomic E-state index is 0.167. The van der Waals surface area contributed by atoms with E-state index in [1.165, 1.54) is 12.1 Å². The van der Waals surface area contributed by atoms with E-state index in [-0.39, 0.29) is 11.7 Å².